The maximum Gasteiger partial charge on any atom is 0.256 e. The molecule has 0 radical (unpaired) electrons. The molecule has 1 N–H and O–H groups in total. The number of nitrogens with one attached hydrogen (secondary N) is 1. The number of benzene rings is 7. The van der Waals surface area contributed by atoms with Gasteiger partial charge in [-0.25, -0.2) is 9.97 Å². The Kier molecular flexibility index (Phi) is 5.66. The average molecular weight is 615 g/mol. The summed E-state index contributed by atoms with van der Waals surface area (Å²) in [6, 6.07) is 52.1. The van der Waals surface area contributed by atoms with Crippen LogP contribution in [0.25, 0.3) is 93.5 Å². The summed E-state index contributed by atoms with van der Waals surface area (Å²) in [5.74, 6) is 0.578. The second kappa shape index (κ2) is 10.2. The Morgan fingerprint density at radius 2 is 1.15 bits per heavy atom. The van der Waals surface area contributed by atoms with Crippen LogP contribution in [0.3, 0.4) is 0 Å². The van der Waals surface area contributed by atoms with Crippen molar-refractivity contribution in [2.24, 2.45) is 0 Å². The summed E-state index contributed by atoms with van der Waals surface area (Å²) in [5, 5.41) is 8.03. The smallest absolute Gasteiger partial charge is 0.256 e. The highest BCUT2D eigenvalue weighted by atomic mass is 16.1. The Bertz CT molecular complexity index is 2960. The lowest BCUT2D eigenvalue weighted by atomic mass is 10.0. The van der Waals surface area contributed by atoms with Gasteiger partial charge in [0, 0.05) is 37.9 Å². The van der Waals surface area contributed by atoms with Crippen molar-refractivity contribution in [3.63, 3.8) is 0 Å². The summed E-state index contributed by atoms with van der Waals surface area (Å²) in [7, 11) is 0. The van der Waals surface area contributed by atoms with E-state index in [9.17, 15) is 4.79 Å². The van der Waals surface area contributed by atoms with Gasteiger partial charge in [-0.2, -0.15) is 0 Å². The number of hydrogen-bond donors (Lipinski definition) is 1. The predicted octanol–water partition coefficient (Wildman–Crippen LogP) is 10.2. The van der Waals surface area contributed by atoms with Gasteiger partial charge in [0.1, 0.15) is 0 Å². The van der Waals surface area contributed by atoms with Crippen molar-refractivity contribution in [1.29, 1.82) is 0 Å². The van der Waals surface area contributed by atoms with Crippen LogP contribution < -0.4 is 5.56 Å². The summed E-state index contributed by atoms with van der Waals surface area (Å²) in [6.45, 7) is 0. The van der Waals surface area contributed by atoms with Crippen molar-refractivity contribution in [2.45, 2.75) is 0 Å². The molecular weight excluding hydrogens is 589 g/mol. The van der Waals surface area contributed by atoms with Crippen LogP contribution >= 0.6 is 0 Å². The van der Waals surface area contributed by atoms with E-state index in [1.807, 2.05) is 48.5 Å². The minimum atomic E-state index is -0.103. The fourth-order valence-corrected chi connectivity index (χ4v) is 7.30. The topological polar surface area (TPSA) is 63.6 Å². The first kappa shape index (κ1) is 26.6. The highest BCUT2D eigenvalue weighted by Gasteiger charge is 2.20. The Labute approximate surface area is 274 Å². The zero-order valence-electron chi connectivity index (χ0n) is 25.7. The van der Waals surface area contributed by atoms with Crippen LogP contribution in [0.5, 0.6) is 0 Å². The molecule has 7 aromatic carbocycles. The lowest BCUT2D eigenvalue weighted by Gasteiger charge is -2.13. The number of pyridine rings is 1. The van der Waals surface area contributed by atoms with E-state index in [0.717, 1.165) is 76.6 Å². The standard InChI is InChI=1S/C43H26N4O/c48-42-33-15-7-6-14-31(33)35-24-36-32-23-22-28-12-4-5-13-30(28)41(32)47(39(36)25-38(35)44-42)43-45-37-17-9-8-16-34(37)40(46-43)29-20-18-27(19-21-29)26-10-2-1-3-11-26/h1-25H,(H,44,48). The fourth-order valence-electron chi connectivity index (χ4n) is 7.30. The van der Waals surface area contributed by atoms with Crippen molar-refractivity contribution in [1.82, 2.24) is 19.5 Å². The molecule has 3 heterocycles. The number of H-pyrrole nitrogens is 1. The van der Waals surface area contributed by atoms with E-state index in [4.69, 9.17) is 9.97 Å². The average Bonchev–Trinajstić information content (AvgIpc) is 3.48. The Morgan fingerprint density at radius 1 is 0.479 bits per heavy atom. The Hall–Kier alpha value is -6.59. The molecule has 0 aliphatic rings. The zero-order chi connectivity index (χ0) is 31.8. The molecule has 10 rings (SSSR count). The molecule has 48 heavy (non-hydrogen) atoms. The normalized spacial score (nSPS) is 11.8. The molecule has 0 saturated heterocycles. The number of aromatic nitrogens is 4. The first-order valence-electron chi connectivity index (χ1n) is 16.0. The van der Waals surface area contributed by atoms with Gasteiger partial charge in [-0.3, -0.25) is 9.36 Å². The maximum atomic E-state index is 13.2. The van der Waals surface area contributed by atoms with Gasteiger partial charge in [0.15, 0.2) is 0 Å². The Morgan fingerprint density at radius 3 is 1.98 bits per heavy atom. The van der Waals surface area contributed by atoms with Crippen molar-refractivity contribution in [3.05, 3.63) is 162 Å². The second-order valence-electron chi connectivity index (χ2n) is 12.3. The third kappa shape index (κ3) is 3.94. The molecule has 224 valence electrons. The van der Waals surface area contributed by atoms with Gasteiger partial charge >= 0.3 is 0 Å². The van der Waals surface area contributed by atoms with E-state index in [2.05, 4.69) is 113 Å². The van der Waals surface area contributed by atoms with E-state index >= 15 is 0 Å². The monoisotopic (exact) mass is 614 g/mol. The van der Waals surface area contributed by atoms with Crippen LogP contribution in [-0.2, 0) is 0 Å². The third-order valence-electron chi connectivity index (χ3n) is 9.56. The van der Waals surface area contributed by atoms with Crippen LogP contribution in [0.1, 0.15) is 0 Å². The lowest BCUT2D eigenvalue weighted by Crippen LogP contribution is -2.06. The van der Waals surface area contributed by atoms with Gasteiger partial charge in [0.05, 0.1) is 27.8 Å². The first-order chi connectivity index (χ1) is 23.7. The molecule has 0 fully saturated rings. The van der Waals surface area contributed by atoms with E-state index in [1.54, 1.807) is 0 Å². The van der Waals surface area contributed by atoms with Crippen molar-refractivity contribution < 1.29 is 0 Å². The molecule has 0 spiro atoms. The fraction of sp³-hybridized carbons (Fsp3) is 0. The minimum absolute atomic E-state index is 0.103. The van der Waals surface area contributed by atoms with E-state index in [1.165, 1.54) is 5.56 Å². The van der Waals surface area contributed by atoms with Gasteiger partial charge in [-0.05, 0) is 46.2 Å². The third-order valence-corrected chi connectivity index (χ3v) is 9.56. The summed E-state index contributed by atoms with van der Waals surface area (Å²) in [4.78, 5) is 26.9. The minimum Gasteiger partial charge on any atom is -0.321 e. The molecule has 0 bridgehead atoms. The SMILES string of the molecule is O=c1[nH]c2cc3c(cc2c2ccccc12)c1ccc2ccccc2c1n3-c1nc(-c2ccc(-c3ccccc3)cc2)c2ccccc2n1. The molecular formula is C43H26N4O. The molecule has 10 aromatic rings. The molecule has 0 atom stereocenters. The summed E-state index contributed by atoms with van der Waals surface area (Å²) < 4.78 is 2.17. The van der Waals surface area contributed by atoms with Crippen LogP contribution in [0, 0.1) is 0 Å². The van der Waals surface area contributed by atoms with Crippen molar-refractivity contribution in [3.8, 4) is 28.3 Å². The predicted molar refractivity (Wildman–Crippen MR) is 198 cm³/mol. The highest BCUT2D eigenvalue weighted by molar-refractivity contribution is 6.22. The van der Waals surface area contributed by atoms with Crippen molar-refractivity contribution in [2.75, 3.05) is 0 Å². The second-order valence-corrected chi connectivity index (χ2v) is 12.3. The van der Waals surface area contributed by atoms with Crippen LogP contribution in [0.4, 0.5) is 0 Å². The van der Waals surface area contributed by atoms with Gasteiger partial charge in [-0.15, -0.1) is 0 Å². The van der Waals surface area contributed by atoms with E-state index in [0.29, 0.717) is 11.3 Å². The van der Waals surface area contributed by atoms with Gasteiger partial charge in [0.25, 0.3) is 5.56 Å². The molecule has 5 nitrogen and oxygen atoms in total. The van der Waals surface area contributed by atoms with Crippen LogP contribution in [0.15, 0.2) is 156 Å². The largest absolute Gasteiger partial charge is 0.321 e. The zero-order valence-corrected chi connectivity index (χ0v) is 25.7. The number of aromatic amines is 1. The molecule has 0 saturated carbocycles. The maximum absolute atomic E-state index is 13.2. The molecule has 3 aromatic heterocycles. The van der Waals surface area contributed by atoms with Gasteiger partial charge < -0.3 is 4.98 Å². The first-order valence-corrected chi connectivity index (χ1v) is 16.0. The Balaban J connectivity index is 1.31. The number of hydrogen-bond acceptors (Lipinski definition) is 3. The highest BCUT2D eigenvalue weighted by Crippen LogP contribution is 2.39. The number of fused-ring (bicyclic) bond motifs is 9. The number of rotatable bonds is 3. The quantitative estimate of drug-likeness (QED) is 0.201. The molecule has 5 heteroatoms. The molecule has 0 amide bonds. The number of nitrogens with zero attached hydrogens (tertiary/aromatic N) is 3. The molecule has 0 unspecified atom stereocenters. The number of para-hydroxylation sites is 1. The van der Waals surface area contributed by atoms with E-state index in [-0.39, 0.29) is 5.56 Å². The van der Waals surface area contributed by atoms with Gasteiger partial charge in [-0.1, -0.05) is 127 Å². The lowest BCUT2D eigenvalue weighted by molar-refractivity contribution is 1.02. The molecule has 0 aliphatic carbocycles. The van der Waals surface area contributed by atoms with Gasteiger partial charge in [0.2, 0.25) is 5.95 Å². The van der Waals surface area contributed by atoms with Crippen molar-refractivity contribution >= 4 is 65.2 Å². The summed E-state index contributed by atoms with van der Waals surface area (Å²) in [5.41, 5.74) is 7.71. The van der Waals surface area contributed by atoms with Crippen LogP contribution in [-0.4, -0.2) is 19.5 Å². The molecule has 0 aliphatic heterocycles. The van der Waals surface area contributed by atoms with Crippen LogP contribution in [0.2, 0.25) is 0 Å². The summed E-state index contributed by atoms with van der Waals surface area (Å²) >= 11 is 0. The summed E-state index contributed by atoms with van der Waals surface area (Å²) in [6.07, 6.45) is 0. The van der Waals surface area contributed by atoms with E-state index < -0.39 is 0 Å².